The minimum absolute atomic E-state index is 0.220. The summed E-state index contributed by atoms with van der Waals surface area (Å²) in [6.45, 7) is 1.97. The van der Waals surface area contributed by atoms with Gasteiger partial charge >= 0.3 is 0 Å². The van der Waals surface area contributed by atoms with Crippen LogP contribution in [0.25, 0.3) is 11.2 Å². The van der Waals surface area contributed by atoms with Crippen molar-refractivity contribution in [3.63, 3.8) is 0 Å². The molecule has 1 fully saturated rings. The number of nitrogens with two attached hydrogens (primary N) is 1. The van der Waals surface area contributed by atoms with Crippen LogP contribution in [0.3, 0.4) is 0 Å². The van der Waals surface area contributed by atoms with Crippen LogP contribution < -0.4 is 5.73 Å². The molecule has 24 heavy (non-hydrogen) atoms. The molecule has 9 heteroatoms. The second kappa shape index (κ2) is 6.80. The highest BCUT2D eigenvalue weighted by Crippen LogP contribution is 2.33. The van der Waals surface area contributed by atoms with E-state index in [4.69, 9.17) is 10.5 Å². The number of aliphatic hydroxyl groups is 2. The zero-order chi connectivity index (χ0) is 17.3. The Balaban J connectivity index is 1.77. The number of rotatable bonds is 6. The molecule has 0 bridgehead atoms. The van der Waals surface area contributed by atoms with Gasteiger partial charge in [-0.25, -0.2) is 15.0 Å². The summed E-state index contributed by atoms with van der Waals surface area (Å²) >= 11 is 0. The molecule has 2 aromatic heterocycles. The average molecular weight is 335 g/mol. The molecule has 1 aliphatic rings. The molecule has 2 aromatic rings. The van der Waals surface area contributed by atoms with E-state index in [1.807, 2.05) is 6.92 Å². The number of nitrogen functional groups attached to an aromatic ring is 1. The van der Waals surface area contributed by atoms with Crippen LogP contribution in [0.4, 0.5) is 5.82 Å². The SMILES string of the molecule is CCCCC(=O)C(O)[C@H]1O[C@@H](n2cnc3c(N)ncnc32)C[C@@H]1O. The van der Waals surface area contributed by atoms with E-state index in [0.717, 1.165) is 6.42 Å². The number of Topliss-reactive ketones (excluding diaryl/α,β-unsaturated/α-hetero) is 1. The molecule has 0 spiro atoms. The van der Waals surface area contributed by atoms with Crippen molar-refractivity contribution in [2.45, 2.75) is 57.1 Å². The Bertz CT molecular complexity index is 734. The number of carbonyl (C=O) groups is 1. The third-order valence-electron chi connectivity index (χ3n) is 4.25. The Morgan fingerprint density at radius 1 is 1.50 bits per heavy atom. The quantitative estimate of drug-likeness (QED) is 0.680. The highest BCUT2D eigenvalue weighted by Gasteiger charge is 2.42. The number of fused-ring (bicyclic) bond motifs is 1. The average Bonchev–Trinajstić information content (AvgIpc) is 3.16. The van der Waals surface area contributed by atoms with Gasteiger partial charge in [0.15, 0.2) is 17.2 Å². The van der Waals surface area contributed by atoms with Crippen LogP contribution in [0.1, 0.15) is 38.8 Å². The van der Waals surface area contributed by atoms with Gasteiger partial charge in [-0.1, -0.05) is 13.3 Å². The number of ketones is 1. The molecule has 3 heterocycles. The lowest BCUT2D eigenvalue weighted by Gasteiger charge is -2.20. The van der Waals surface area contributed by atoms with Crippen LogP contribution in [0.2, 0.25) is 0 Å². The number of aliphatic hydroxyl groups excluding tert-OH is 2. The Morgan fingerprint density at radius 3 is 3.04 bits per heavy atom. The maximum atomic E-state index is 12.0. The topological polar surface area (TPSA) is 136 Å². The van der Waals surface area contributed by atoms with Gasteiger partial charge in [0, 0.05) is 12.8 Å². The summed E-state index contributed by atoms with van der Waals surface area (Å²) in [4.78, 5) is 24.2. The molecule has 3 rings (SSSR count). The fourth-order valence-corrected chi connectivity index (χ4v) is 2.90. The lowest BCUT2D eigenvalue weighted by Crippen LogP contribution is -2.40. The maximum absolute atomic E-state index is 12.0. The predicted octanol–water partition coefficient (Wildman–Crippen LogP) is 0.177. The van der Waals surface area contributed by atoms with Gasteiger partial charge in [0.1, 0.15) is 30.3 Å². The van der Waals surface area contributed by atoms with Crippen molar-refractivity contribution in [2.75, 3.05) is 5.73 Å². The summed E-state index contributed by atoms with van der Waals surface area (Å²) < 4.78 is 7.35. The van der Waals surface area contributed by atoms with Gasteiger partial charge in [0.2, 0.25) is 0 Å². The number of unbranched alkanes of at least 4 members (excludes halogenated alkanes) is 1. The molecule has 0 aliphatic carbocycles. The highest BCUT2D eigenvalue weighted by molar-refractivity contribution is 5.83. The first-order valence-electron chi connectivity index (χ1n) is 8.00. The minimum atomic E-state index is -1.34. The first-order valence-corrected chi connectivity index (χ1v) is 8.00. The van der Waals surface area contributed by atoms with Crippen molar-refractivity contribution in [3.05, 3.63) is 12.7 Å². The molecule has 130 valence electrons. The second-order valence-corrected chi connectivity index (χ2v) is 5.96. The predicted molar refractivity (Wildman–Crippen MR) is 84.8 cm³/mol. The van der Waals surface area contributed by atoms with E-state index in [0.29, 0.717) is 17.6 Å². The van der Waals surface area contributed by atoms with Crippen LogP contribution in [0.5, 0.6) is 0 Å². The van der Waals surface area contributed by atoms with Crippen molar-refractivity contribution in [1.82, 2.24) is 19.5 Å². The molecule has 0 amide bonds. The third-order valence-corrected chi connectivity index (χ3v) is 4.25. The normalized spacial score (nSPS) is 25.2. The van der Waals surface area contributed by atoms with Crippen molar-refractivity contribution in [2.24, 2.45) is 0 Å². The Morgan fingerprint density at radius 2 is 2.29 bits per heavy atom. The molecule has 0 radical (unpaired) electrons. The zero-order valence-corrected chi connectivity index (χ0v) is 13.4. The van der Waals surface area contributed by atoms with E-state index in [9.17, 15) is 15.0 Å². The number of anilines is 1. The van der Waals surface area contributed by atoms with Crippen LogP contribution in [0, 0.1) is 0 Å². The summed E-state index contributed by atoms with van der Waals surface area (Å²) in [6.07, 6.45) is 1.03. The summed E-state index contributed by atoms with van der Waals surface area (Å²) in [5.74, 6) is -0.0627. The maximum Gasteiger partial charge on any atom is 0.167 e. The zero-order valence-electron chi connectivity index (χ0n) is 13.4. The molecule has 0 saturated carbocycles. The van der Waals surface area contributed by atoms with Crippen LogP contribution in [0.15, 0.2) is 12.7 Å². The number of imidazole rings is 1. The fourth-order valence-electron chi connectivity index (χ4n) is 2.90. The monoisotopic (exact) mass is 335 g/mol. The molecule has 1 unspecified atom stereocenters. The summed E-state index contributed by atoms with van der Waals surface area (Å²) in [6, 6.07) is 0. The van der Waals surface area contributed by atoms with E-state index >= 15 is 0 Å². The van der Waals surface area contributed by atoms with E-state index in [2.05, 4.69) is 15.0 Å². The van der Waals surface area contributed by atoms with Crippen molar-refractivity contribution >= 4 is 22.8 Å². The number of hydrogen-bond donors (Lipinski definition) is 3. The van der Waals surface area contributed by atoms with Crippen molar-refractivity contribution < 1.29 is 19.7 Å². The number of carbonyl (C=O) groups excluding carboxylic acids is 1. The second-order valence-electron chi connectivity index (χ2n) is 5.96. The van der Waals surface area contributed by atoms with E-state index in [-0.39, 0.29) is 24.4 Å². The number of ether oxygens (including phenoxy) is 1. The smallest absolute Gasteiger partial charge is 0.167 e. The first-order chi connectivity index (χ1) is 11.5. The highest BCUT2D eigenvalue weighted by atomic mass is 16.5. The Labute approximate surface area is 138 Å². The molecular formula is C15H21N5O4. The third kappa shape index (κ3) is 2.97. The number of hydrogen-bond acceptors (Lipinski definition) is 8. The van der Waals surface area contributed by atoms with Gasteiger partial charge in [-0.3, -0.25) is 9.36 Å². The standard InChI is InChI=1S/C15H21N5O4/c1-2-3-4-8(21)12(23)13-9(22)5-10(24-13)20-7-19-11-14(16)17-6-18-15(11)20/h6-7,9-10,12-13,22-23H,2-5H2,1H3,(H2,16,17,18)/t9-,10+,12?,13-/m0/s1. The van der Waals surface area contributed by atoms with Crippen molar-refractivity contribution in [1.29, 1.82) is 0 Å². The molecule has 4 N–H and O–H groups in total. The van der Waals surface area contributed by atoms with Crippen LogP contribution in [-0.4, -0.2) is 53.8 Å². The van der Waals surface area contributed by atoms with E-state index < -0.39 is 24.5 Å². The number of aromatic nitrogens is 4. The van der Waals surface area contributed by atoms with Gasteiger partial charge in [-0.15, -0.1) is 0 Å². The van der Waals surface area contributed by atoms with Gasteiger partial charge in [0.25, 0.3) is 0 Å². The van der Waals surface area contributed by atoms with Crippen molar-refractivity contribution in [3.8, 4) is 0 Å². The molecule has 1 aliphatic heterocycles. The molecular weight excluding hydrogens is 314 g/mol. The van der Waals surface area contributed by atoms with Gasteiger partial charge in [-0.2, -0.15) is 0 Å². The summed E-state index contributed by atoms with van der Waals surface area (Å²) in [7, 11) is 0. The summed E-state index contributed by atoms with van der Waals surface area (Å²) in [5, 5.41) is 20.4. The Kier molecular flexibility index (Phi) is 4.74. The molecule has 9 nitrogen and oxygen atoms in total. The first kappa shape index (κ1) is 16.7. The van der Waals surface area contributed by atoms with E-state index in [1.165, 1.54) is 12.7 Å². The summed E-state index contributed by atoms with van der Waals surface area (Å²) in [5.41, 5.74) is 6.68. The van der Waals surface area contributed by atoms with Gasteiger partial charge < -0.3 is 20.7 Å². The fraction of sp³-hybridized carbons (Fsp3) is 0.600. The molecule has 0 aromatic carbocycles. The van der Waals surface area contributed by atoms with Gasteiger partial charge in [-0.05, 0) is 6.42 Å². The van der Waals surface area contributed by atoms with Crippen LogP contribution in [-0.2, 0) is 9.53 Å². The molecule has 1 saturated heterocycles. The Hall–Kier alpha value is -2.10. The molecule has 4 atom stereocenters. The van der Waals surface area contributed by atoms with E-state index in [1.54, 1.807) is 4.57 Å². The number of nitrogens with zero attached hydrogens (tertiary/aromatic N) is 4. The lowest BCUT2D eigenvalue weighted by atomic mass is 10.0. The lowest BCUT2D eigenvalue weighted by molar-refractivity contribution is -0.141. The minimum Gasteiger partial charge on any atom is -0.390 e. The largest absolute Gasteiger partial charge is 0.390 e. The van der Waals surface area contributed by atoms with Crippen LogP contribution >= 0.6 is 0 Å². The van der Waals surface area contributed by atoms with Gasteiger partial charge in [0.05, 0.1) is 12.4 Å².